The van der Waals surface area contributed by atoms with Crippen LogP contribution in [0.5, 0.6) is 5.75 Å². The normalized spacial score (nSPS) is 11.3. The summed E-state index contributed by atoms with van der Waals surface area (Å²) < 4.78 is 16.2. The molecule has 8 heteroatoms. The number of aromatic hydroxyl groups is 1. The molecule has 2 N–H and O–H groups in total. The zero-order valence-corrected chi connectivity index (χ0v) is 16.2. The van der Waals surface area contributed by atoms with Crippen molar-refractivity contribution < 1.29 is 9.50 Å². The van der Waals surface area contributed by atoms with Crippen molar-refractivity contribution in [2.24, 2.45) is 0 Å². The van der Waals surface area contributed by atoms with Gasteiger partial charge in [0.05, 0.1) is 11.9 Å². The van der Waals surface area contributed by atoms with Gasteiger partial charge in [-0.15, -0.1) is 0 Å². The van der Waals surface area contributed by atoms with E-state index in [1.54, 1.807) is 30.6 Å². The van der Waals surface area contributed by atoms with Gasteiger partial charge in [0, 0.05) is 18.8 Å². The predicted molar refractivity (Wildman–Crippen MR) is 109 cm³/mol. The van der Waals surface area contributed by atoms with Crippen LogP contribution in [0.1, 0.15) is 25.5 Å². The van der Waals surface area contributed by atoms with Gasteiger partial charge in [-0.1, -0.05) is 18.2 Å². The number of hydrogen-bond acceptors (Lipinski definition) is 6. The smallest absolute Gasteiger partial charge is 0.223 e. The fraction of sp³-hybridized carbons (Fsp3) is 0.238. The second-order valence-electron chi connectivity index (χ2n) is 6.96. The fourth-order valence-electron chi connectivity index (χ4n) is 3.13. The molecule has 0 saturated heterocycles. The number of benzene rings is 1. The summed E-state index contributed by atoms with van der Waals surface area (Å²) in [5.41, 5.74) is 2.30. The molecule has 0 amide bonds. The van der Waals surface area contributed by atoms with E-state index in [1.807, 2.05) is 30.5 Å². The van der Waals surface area contributed by atoms with Gasteiger partial charge in [0.2, 0.25) is 5.95 Å². The monoisotopic (exact) mass is 392 g/mol. The topological polar surface area (TPSA) is 88.8 Å². The molecule has 3 aromatic heterocycles. The van der Waals surface area contributed by atoms with Gasteiger partial charge in [0.15, 0.2) is 17.3 Å². The number of rotatable bonds is 6. The summed E-state index contributed by atoms with van der Waals surface area (Å²) in [4.78, 5) is 17.2. The number of aromatic nitrogens is 5. The lowest BCUT2D eigenvalue weighted by Gasteiger charge is -2.12. The maximum Gasteiger partial charge on any atom is 0.223 e. The number of anilines is 1. The van der Waals surface area contributed by atoms with Crippen molar-refractivity contribution >= 4 is 17.0 Å². The predicted octanol–water partition coefficient (Wildman–Crippen LogP) is 3.97. The fourth-order valence-corrected chi connectivity index (χ4v) is 3.13. The van der Waals surface area contributed by atoms with Crippen LogP contribution >= 0.6 is 0 Å². The van der Waals surface area contributed by atoms with E-state index in [9.17, 15) is 9.50 Å². The molecule has 4 rings (SSSR count). The van der Waals surface area contributed by atoms with Gasteiger partial charge in [-0.25, -0.2) is 19.9 Å². The number of nitrogens with one attached hydrogen (secondary N) is 1. The van der Waals surface area contributed by atoms with Crippen LogP contribution in [0, 0.1) is 5.95 Å². The van der Waals surface area contributed by atoms with Gasteiger partial charge in [-0.3, -0.25) is 0 Å². The molecule has 4 aromatic rings. The first-order valence-electron chi connectivity index (χ1n) is 9.41. The summed E-state index contributed by atoms with van der Waals surface area (Å²) in [6.07, 6.45) is 3.70. The number of phenols is 1. The Morgan fingerprint density at radius 1 is 1.10 bits per heavy atom. The van der Waals surface area contributed by atoms with E-state index < -0.39 is 5.95 Å². The van der Waals surface area contributed by atoms with Crippen molar-refractivity contribution in [2.45, 2.75) is 26.3 Å². The number of nitrogens with zero attached hydrogens (tertiary/aromatic N) is 5. The third-order valence-electron chi connectivity index (χ3n) is 4.66. The van der Waals surface area contributed by atoms with E-state index in [-0.39, 0.29) is 23.2 Å². The molecule has 3 heterocycles. The molecule has 0 bridgehead atoms. The van der Waals surface area contributed by atoms with Crippen molar-refractivity contribution in [3.63, 3.8) is 0 Å². The Kier molecular flexibility index (Phi) is 5.07. The Morgan fingerprint density at radius 3 is 2.69 bits per heavy atom. The van der Waals surface area contributed by atoms with Crippen LogP contribution in [0.3, 0.4) is 0 Å². The van der Waals surface area contributed by atoms with E-state index in [0.29, 0.717) is 29.9 Å². The number of fused-ring (bicyclic) bond motifs is 1. The van der Waals surface area contributed by atoms with Gasteiger partial charge in [0.1, 0.15) is 11.3 Å². The lowest BCUT2D eigenvalue weighted by atomic mass is 10.1. The minimum absolute atomic E-state index is 0.135. The highest BCUT2D eigenvalue weighted by Crippen LogP contribution is 2.27. The SMILES string of the molecule is CC(C)n1cnc2c(NCCc3ccccc3O)nc(-c3cccnc3F)nc21. The molecule has 0 radical (unpaired) electrons. The second kappa shape index (κ2) is 7.83. The van der Waals surface area contributed by atoms with Crippen molar-refractivity contribution in [1.82, 2.24) is 24.5 Å². The molecule has 1 aromatic carbocycles. The van der Waals surface area contributed by atoms with Crippen molar-refractivity contribution in [1.29, 1.82) is 0 Å². The van der Waals surface area contributed by atoms with Gasteiger partial charge in [-0.05, 0) is 44.0 Å². The average Bonchev–Trinajstić information content (AvgIpc) is 3.14. The van der Waals surface area contributed by atoms with Crippen LogP contribution in [-0.2, 0) is 6.42 Å². The molecule has 0 spiro atoms. The molecule has 0 aliphatic carbocycles. The molecule has 29 heavy (non-hydrogen) atoms. The summed E-state index contributed by atoms with van der Waals surface area (Å²) in [5.74, 6) is 0.394. The minimum Gasteiger partial charge on any atom is -0.508 e. The third kappa shape index (κ3) is 3.73. The highest BCUT2D eigenvalue weighted by molar-refractivity contribution is 5.85. The largest absolute Gasteiger partial charge is 0.508 e. The molecule has 148 valence electrons. The Hall–Kier alpha value is -3.55. The minimum atomic E-state index is -0.623. The lowest BCUT2D eigenvalue weighted by molar-refractivity contribution is 0.468. The van der Waals surface area contributed by atoms with Gasteiger partial charge in [0.25, 0.3) is 0 Å². The standard InChI is InChI=1S/C21H21FN6O/c1-13(2)28-12-25-17-20(24-11-9-14-6-3-4-8-16(14)29)26-19(27-21(17)28)15-7-5-10-23-18(15)22/h3-8,10,12-13,29H,9,11H2,1-2H3,(H,24,26,27). The van der Waals surface area contributed by atoms with Crippen LogP contribution in [0.4, 0.5) is 10.2 Å². The Bertz CT molecular complexity index is 1160. The Balaban J connectivity index is 1.72. The summed E-state index contributed by atoms with van der Waals surface area (Å²) in [6, 6.07) is 10.6. The zero-order chi connectivity index (χ0) is 20.4. The van der Waals surface area contributed by atoms with Crippen LogP contribution in [0.15, 0.2) is 48.9 Å². The first kappa shape index (κ1) is 18.8. The summed E-state index contributed by atoms with van der Waals surface area (Å²) in [5, 5.41) is 13.2. The van der Waals surface area contributed by atoms with Crippen LogP contribution < -0.4 is 5.32 Å². The maximum atomic E-state index is 14.2. The molecule has 0 aliphatic rings. The second-order valence-corrected chi connectivity index (χ2v) is 6.96. The van der Waals surface area contributed by atoms with E-state index in [4.69, 9.17) is 0 Å². The number of phenolic OH excluding ortho intramolecular Hbond substituents is 1. The number of halogens is 1. The maximum absolute atomic E-state index is 14.2. The van der Waals surface area contributed by atoms with E-state index >= 15 is 0 Å². The molecule has 7 nitrogen and oxygen atoms in total. The molecule has 0 aliphatic heterocycles. The number of imidazole rings is 1. The summed E-state index contributed by atoms with van der Waals surface area (Å²) in [7, 11) is 0. The van der Waals surface area contributed by atoms with E-state index in [0.717, 1.165) is 5.56 Å². The zero-order valence-electron chi connectivity index (χ0n) is 16.2. The van der Waals surface area contributed by atoms with E-state index in [2.05, 4.69) is 25.3 Å². The van der Waals surface area contributed by atoms with Gasteiger partial charge in [-0.2, -0.15) is 4.39 Å². The summed E-state index contributed by atoms with van der Waals surface area (Å²) >= 11 is 0. The Labute approximate surface area is 167 Å². The van der Waals surface area contributed by atoms with E-state index in [1.165, 1.54) is 6.20 Å². The first-order chi connectivity index (χ1) is 14.0. The number of para-hydroxylation sites is 1. The average molecular weight is 392 g/mol. The van der Waals surface area contributed by atoms with Crippen molar-refractivity contribution in [3.05, 3.63) is 60.4 Å². The molecule has 0 fully saturated rings. The number of pyridine rings is 1. The summed E-state index contributed by atoms with van der Waals surface area (Å²) in [6.45, 7) is 4.57. The van der Waals surface area contributed by atoms with Crippen LogP contribution in [-0.4, -0.2) is 36.2 Å². The molecule has 0 unspecified atom stereocenters. The van der Waals surface area contributed by atoms with Crippen LogP contribution in [0.2, 0.25) is 0 Å². The third-order valence-corrected chi connectivity index (χ3v) is 4.66. The van der Waals surface area contributed by atoms with Crippen molar-refractivity contribution in [2.75, 3.05) is 11.9 Å². The number of hydrogen-bond donors (Lipinski definition) is 2. The van der Waals surface area contributed by atoms with Crippen molar-refractivity contribution in [3.8, 4) is 17.1 Å². The lowest BCUT2D eigenvalue weighted by Crippen LogP contribution is -2.09. The first-order valence-corrected chi connectivity index (χ1v) is 9.41. The molecular weight excluding hydrogens is 371 g/mol. The highest BCUT2D eigenvalue weighted by atomic mass is 19.1. The van der Waals surface area contributed by atoms with Crippen LogP contribution in [0.25, 0.3) is 22.6 Å². The van der Waals surface area contributed by atoms with Gasteiger partial charge < -0.3 is 15.0 Å². The van der Waals surface area contributed by atoms with Gasteiger partial charge >= 0.3 is 0 Å². The molecule has 0 saturated carbocycles. The molecular formula is C21H21FN6O. The Morgan fingerprint density at radius 2 is 1.93 bits per heavy atom. The molecule has 0 atom stereocenters. The quantitative estimate of drug-likeness (QED) is 0.483. The highest BCUT2D eigenvalue weighted by Gasteiger charge is 2.17.